The van der Waals surface area contributed by atoms with E-state index in [9.17, 15) is 18.4 Å². The van der Waals surface area contributed by atoms with Crippen molar-refractivity contribution in [3.63, 3.8) is 0 Å². The normalized spacial score (nSPS) is 20.0. The molecule has 3 heterocycles. The lowest BCUT2D eigenvalue weighted by atomic mass is 9.81. The van der Waals surface area contributed by atoms with E-state index in [0.717, 1.165) is 23.5 Å². The first-order valence-electron chi connectivity index (χ1n) is 10.8. The van der Waals surface area contributed by atoms with Crippen LogP contribution in [0.15, 0.2) is 30.5 Å². The molecule has 186 valence electrons. The number of hydrogen-bond donors (Lipinski definition) is 3. The molecule has 7 nitrogen and oxygen atoms in total. The van der Waals surface area contributed by atoms with Gasteiger partial charge in [-0.15, -0.1) is 11.3 Å². The van der Waals surface area contributed by atoms with Crippen molar-refractivity contribution >= 4 is 46.4 Å². The number of aryl methyl sites for hydroxylation is 1. The lowest BCUT2D eigenvalue weighted by Crippen LogP contribution is -2.54. The second-order valence-electron chi connectivity index (χ2n) is 8.34. The van der Waals surface area contributed by atoms with Gasteiger partial charge in [-0.05, 0) is 30.2 Å². The Morgan fingerprint density at radius 1 is 1.26 bits per heavy atom. The Morgan fingerprint density at radius 3 is 2.69 bits per heavy atom. The first-order valence-corrected chi connectivity index (χ1v) is 12.4. The predicted octanol–water partition coefficient (Wildman–Crippen LogP) is 4.11. The van der Waals surface area contributed by atoms with Gasteiger partial charge in [0.1, 0.15) is 4.34 Å². The zero-order valence-corrected chi connectivity index (χ0v) is 21.2. The molecule has 1 fully saturated rings. The summed E-state index contributed by atoms with van der Waals surface area (Å²) in [5.41, 5.74) is 1.74. The average molecular weight is 542 g/mol. The van der Waals surface area contributed by atoms with Crippen molar-refractivity contribution in [3.05, 3.63) is 61.9 Å². The Morgan fingerprint density at radius 2 is 2.03 bits per heavy atom. The third-order valence-electron chi connectivity index (χ3n) is 6.11. The van der Waals surface area contributed by atoms with Crippen LogP contribution >= 0.6 is 34.5 Å². The van der Waals surface area contributed by atoms with Crippen LogP contribution in [-0.2, 0) is 11.8 Å². The third-order valence-corrected chi connectivity index (χ3v) is 7.74. The minimum atomic E-state index is -0.961. The van der Waals surface area contributed by atoms with Gasteiger partial charge in [0.2, 0.25) is 5.91 Å². The van der Waals surface area contributed by atoms with Gasteiger partial charge in [0.15, 0.2) is 11.6 Å². The number of aromatic nitrogens is 2. The summed E-state index contributed by atoms with van der Waals surface area (Å²) in [7, 11) is 3.28. The Balaban J connectivity index is 1.57. The number of nitrogens with zero attached hydrogens (tertiary/aromatic N) is 2. The van der Waals surface area contributed by atoms with Crippen molar-refractivity contribution in [1.29, 1.82) is 0 Å². The van der Waals surface area contributed by atoms with Gasteiger partial charge in [-0.1, -0.05) is 29.3 Å². The number of hydrogen-bond acceptors (Lipinski definition) is 5. The lowest BCUT2D eigenvalue weighted by Gasteiger charge is -2.37. The van der Waals surface area contributed by atoms with Gasteiger partial charge >= 0.3 is 0 Å². The minimum Gasteiger partial charge on any atom is -0.359 e. The van der Waals surface area contributed by atoms with Crippen molar-refractivity contribution in [3.8, 4) is 11.3 Å². The van der Waals surface area contributed by atoms with Crippen LogP contribution in [0.3, 0.4) is 0 Å². The van der Waals surface area contributed by atoms with Crippen LogP contribution in [0.5, 0.6) is 0 Å². The first kappa shape index (κ1) is 25.6. The van der Waals surface area contributed by atoms with E-state index in [2.05, 4.69) is 21.0 Å². The van der Waals surface area contributed by atoms with E-state index >= 15 is 0 Å². The highest BCUT2D eigenvalue weighted by atomic mass is 35.5. The van der Waals surface area contributed by atoms with Gasteiger partial charge in [0, 0.05) is 50.6 Å². The third kappa shape index (κ3) is 5.50. The number of benzene rings is 1. The Kier molecular flexibility index (Phi) is 7.75. The second kappa shape index (κ2) is 10.6. The van der Waals surface area contributed by atoms with Crippen LogP contribution < -0.4 is 16.0 Å². The number of piperidine rings is 1. The van der Waals surface area contributed by atoms with Crippen LogP contribution in [0.2, 0.25) is 9.36 Å². The van der Waals surface area contributed by atoms with Crippen LogP contribution in [0.25, 0.3) is 11.3 Å². The zero-order valence-electron chi connectivity index (χ0n) is 18.9. The number of nitrogens with one attached hydrogen (secondary N) is 3. The smallest absolute Gasteiger partial charge is 0.261 e. The molecule has 1 saturated heterocycles. The number of thiophene rings is 1. The summed E-state index contributed by atoms with van der Waals surface area (Å²) in [5.74, 6) is -2.74. The van der Waals surface area contributed by atoms with E-state index in [0.29, 0.717) is 44.0 Å². The summed E-state index contributed by atoms with van der Waals surface area (Å²) in [6, 6.07) is 4.76. The molecule has 1 aromatic carbocycles. The maximum atomic E-state index is 14.0. The molecule has 0 radical (unpaired) electrons. The summed E-state index contributed by atoms with van der Waals surface area (Å²) in [4.78, 5) is 25.4. The van der Waals surface area contributed by atoms with Gasteiger partial charge in [-0.2, -0.15) is 5.10 Å². The van der Waals surface area contributed by atoms with Gasteiger partial charge in [-0.3, -0.25) is 14.3 Å². The quantitative estimate of drug-likeness (QED) is 0.438. The molecular weight excluding hydrogens is 519 g/mol. The molecule has 4 rings (SSSR count). The number of amides is 2. The van der Waals surface area contributed by atoms with Crippen LogP contribution in [0.1, 0.15) is 34.0 Å². The van der Waals surface area contributed by atoms with Crippen molar-refractivity contribution in [2.24, 2.45) is 7.05 Å². The zero-order chi connectivity index (χ0) is 25.3. The average Bonchev–Trinajstić information content (AvgIpc) is 3.37. The molecule has 0 bridgehead atoms. The Labute approximate surface area is 214 Å². The fraction of sp³-hybridized carbons (Fsp3) is 0.348. The Bertz CT molecular complexity index is 1250. The van der Waals surface area contributed by atoms with Crippen LogP contribution in [0, 0.1) is 11.6 Å². The van der Waals surface area contributed by atoms with E-state index in [4.69, 9.17) is 23.2 Å². The maximum Gasteiger partial charge on any atom is 0.261 e. The summed E-state index contributed by atoms with van der Waals surface area (Å²) in [6.07, 6.45) is 2.18. The lowest BCUT2D eigenvalue weighted by molar-refractivity contribution is -0.121. The van der Waals surface area contributed by atoms with Gasteiger partial charge in [0.05, 0.1) is 21.8 Å². The van der Waals surface area contributed by atoms with Crippen molar-refractivity contribution in [2.75, 3.05) is 13.6 Å². The SMILES string of the molecule is CNC(=O)CC1C[C@@H](c2ccc(F)c(F)c2)[C@H](NC(=O)c2cc(-c3c(Cl)cnn3C)c(Cl)s2)CN1. The molecule has 0 saturated carbocycles. The molecular formula is C23H23Cl2F2N5O2S. The van der Waals surface area contributed by atoms with Crippen molar-refractivity contribution < 1.29 is 18.4 Å². The van der Waals surface area contributed by atoms with Gasteiger partial charge < -0.3 is 16.0 Å². The molecule has 1 aliphatic heterocycles. The second-order valence-corrected chi connectivity index (χ2v) is 10.4. The van der Waals surface area contributed by atoms with E-state index < -0.39 is 17.7 Å². The van der Waals surface area contributed by atoms with Crippen LogP contribution in [-0.4, -0.2) is 47.3 Å². The molecule has 3 atom stereocenters. The number of rotatable bonds is 6. The molecule has 1 aliphatic rings. The van der Waals surface area contributed by atoms with E-state index in [1.54, 1.807) is 24.8 Å². The fourth-order valence-electron chi connectivity index (χ4n) is 4.33. The molecule has 2 aromatic heterocycles. The fourth-order valence-corrected chi connectivity index (χ4v) is 5.78. The monoisotopic (exact) mass is 541 g/mol. The van der Waals surface area contributed by atoms with E-state index in [1.165, 1.54) is 12.3 Å². The van der Waals surface area contributed by atoms with E-state index in [1.807, 2.05) is 0 Å². The summed E-state index contributed by atoms with van der Waals surface area (Å²) in [6.45, 7) is 0.344. The highest BCUT2D eigenvalue weighted by Crippen LogP contribution is 2.39. The van der Waals surface area contributed by atoms with Crippen molar-refractivity contribution in [2.45, 2.75) is 30.8 Å². The highest BCUT2D eigenvalue weighted by Gasteiger charge is 2.34. The first-order chi connectivity index (χ1) is 16.7. The largest absolute Gasteiger partial charge is 0.359 e. The van der Waals surface area contributed by atoms with E-state index in [-0.39, 0.29) is 30.2 Å². The molecule has 12 heteroatoms. The molecule has 0 spiro atoms. The summed E-state index contributed by atoms with van der Waals surface area (Å²) < 4.78 is 29.6. The molecule has 35 heavy (non-hydrogen) atoms. The topological polar surface area (TPSA) is 88.1 Å². The standard InChI is InChI=1S/C23H23Cl2F2N5O2S/c1-28-20(33)7-12-6-13(11-3-4-16(26)17(27)5-11)18(10-29-12)31-23(34)19-8-14(22(25)35-19)21-15(24)9-30-32(21)2/h3-5,8-9,12-13,18,29H,6-7,10H2,1-2H3,(H,28,33)(H,31,34)/t12?,13-,18+/m0/s1. The maximum absolute atomic E-state index is 14.0. The number of carbonyl (C=O) groups is 2. The minimum absolute atomic E-state index is 0.136. The molecule has 3 aromatic rings. The molecule has 1 unspecified atom stereocenters. The summed E-state index contributed by atoms with van der Waals surface area (Å²) in [5, 5.41) is 13.4. The van der Waals surface area contributed by atoms with Crippen LogP contribution in [0.4, 0.5) is 8.78 Å². The van der Waals surface area contributed by atoms with Gasteiger partial charge in [0.25, 0.3) is 5.91 Å². The predicted molar refractivity (Wildman–Crippen MR) is 132 cm³/mol. The molecule has 2 amide bonds. The summed E-state index contributed by atoms with van der Waals surface area (Å²) >= 11 is 13.8. The molecule has 3 N–H and O–H groups in total. The van der Waals surface area contributed by atoms with Crippen molar-refractivity contribution in [1.82, 2.24) is 25.7 Å². The molecule has 0 aliphatic carbocycles. The number of halogens is 4. The number of carbonyl (C=O) groups excluding carboxylic acids is 2. The Hall–Kier alpha value is -2.53. The highest BCUT2D eigenvalue weighted by molar-refractivity contribution is 7.18. The van der Waals surface area contributed by atoms with Gasteiger partial charge in [-0.25, -0.2) is 8.78 Å².